The third kappa shape index (κ3) is 2.89. The largest absolute Gasteiger partial charge is 0.317 e. The molecule has 0 atom stereocenters. The van der Waals surface area contributed by atoms with Gasteiger partial charge in [0.05, 0.1) is 11.2 Å². The zero-order chi connectivity index (χ0) is 13.9. The Morgan fingerprint density at radius 3 is 2.90 bits per heavy atom. The lowest BCUT2D eigenvalue weighted by Gasteiger charge is -2.20. The summed E-state index contributed by atoms with van der Waals surface area (Å²) in [5.41, 5.74) is 2.45. The Balaban J connectivity index is 1.68. The van der Waals surface area contributed by atoms with Gasteiger partial charge in [-0.2, -0.15) is 0 Å². The molecule has 2 N–H and O–H groups in total. The maximum absolute atomic E-state index is 12.1. The molecule has 0 bridgehead atoms. The van der Waals surface area contributed by atoms with Crippen LogP contribution in [-0.4, -0.2) is 29.0 Å². The van der Waals surface area contributed by atoms with E-state index in [2.05, 4.69) is 20.6 Å². The van der Waals surface area contributed by atoms with Gasteiger partial charge in [0.15, 0.2) is 5.13 Å². The van der Waals surface area contributed by atoms with Crippen LogP contribution in [0.5, 0.6) is 0 Å². The van der Waals surface area contributed by atoms with Crippen molar-refractivity contribution in [1.29, 1.82) is 0 Å². The van der Waals surface area contributed by atoms with Gasteiger partial charge in [-0.05, 0) is 38.8 Å². The van der Waals surface area contributed by atoms with E-state index in [1.807, 2.05) is 13.1 Å². The minimum absolute atomic E-state index is 0.115. The van der Waals surface area contributed by atoms with Crippen LogP contribution in [0.2, 0.25) is 0 Å². The molecule has 2 aromatic rings. The van der Waals surface area contributed by atoms with Crippen molar-refractivity contribution < 1.29 is 4.79 Å². The van der Waals surface area contributed by atoms with Gasteiger partial charge in [-0.3, -0.25) is 10.1 Å². The van der Waals surface area contributed by atoms with Gasteiger partial charge in [-0.15, -0.1) is 22.7 Å². The molecule has 3 rings (SSSR count). The van der Waals surface area contributed by atoms with Crippen molar-refractivity contribution in [3.8, 4) is 0 Å². The smallest absolute Gasteiger partial charge is 0.269 e. The Kier molecular flexibility index (Phi) is 4.09. The highest BCUT2D eigenvalue weighted by atomic mass is 32.1. The molecule has 0 radical (unpaired) electrons. The summed E-state index contributed by atoms with van der Waals surface area (Å²) in [7, 11) is 0. The molecule has 20 heavy (non-hydrogen) atoms. The Bertz CT molecular complexity index is 601. The molecule has 1 aliphatic rings. The van der Waals surface area contributed by atoms with Gasteiger partial charge in [0.2, 0.25) is 0 Å². The average molecular weight is 308 g/mol. The summed E-state index contributed by atoms with van der Waals surface area (Å²) in [5, 5.41) is 6.90. The average Bonchev–Trinajstić information content (AvgIpc) is 3.09. The van der Waals surface area contributed by atoms with E-state index >= 15 is 0 Å². The molecular formula is C13H16N4OS2. The highest BCUT2D eigenvalue weighted by molar-refractivity contribution is 7.16. The monoisotopic (exact) mass is 308 g/mol. The summed E-state index contributed by atoms with van der Waals surface area (Å²) in [6.45, 7) is 3.96. The minimum atomic E-state index is -0.115. The first-order valence-corrected chi connectivity index (χ1v) is 8.31. The standard InChI is InChI=1S/C13H16N4OS2/c1-8-11(19-7-16-8)12(18)17-13-15-6-10(20-13)9-2-4-14-5-3-9/h6-7,9,14H,2-5H2,1H3,(H,15,17,18). The van der Waals surface area contributed by atoms with Crippen molar-refractivity contribution >= 4 is 33.7 Å². The number of hydrogen-bond donors (Lipinski definition) is 2. The number of carbonyl (C=O) groups excluding carboxylic acids is 1. The highest BCUT2D eigenvalue weighted by Gasteiger charge is 2.19. The number of carbonyl (C=O) groups is 1. The first-order chi connectivity index (χ1) is 9.74. The zero-order valence-electron chi connectivity index (χ0n) is 11.2. The maximum Gasteiger partial charge on any atom is 0.269 e. The van der Waals surface area contributed by atoms with Gasteiger partial charge >= 0.3 is 0 Å². The SMILES string of the molecule is Cc1ncsc1C(=O)Nc1ncc(C2CCNCC2)s1. The molecule has 7 heteroatoms. The first kappa shape index (κ1) is 13.7. The summed E-state index contributed by atoms with van der Waals surface area (Å²) >= 11 is 2.94. The molecule has 0 aliphatic carbocycles. The molecule has 5 nitrogen and oxygen atoms in total. The highest BCUT2D eigenvalue weighted by Crippen LogP contribution is 2.32. The fraction of sp³-hybridized carbons (Fsp3) is 0.462. The van der Waals surface area contributed by atoms with Gasteiger partial charge in [0.1, 0.15) is 4.88 Å². The Labute approximate surface area is 125 Å². The lowest BCUT2D eigenvalue weighted by atomic mass is 9.97. The van der Waals surface area contributed by atoms with Crippen molar-refractivity contribution in [3.05, 3.63) is 27.2 Å². The van der Waals surface area contributed by atoms with Crippen LogP contribution in [0.3, 0.4) is 0 Å². The van der Waals surface area contributed by atoms with Crippen molar-refractivity contribution in [2.45, 2.75) is 25.7 Å². The maximum atomic E-state index is 12.1. The van der Waals surface area contributed by atoms with E-state index in [0.717, 1.165) is 31.6 Å². The molecule has 0 aromatic carbocycles. The van der Waals surface area contributed by atoms with Crippen LogP contribution in [-0.2, 0) is 0 Å². The normalized spacial score (nSPS) is 16.2. The van der Waals surface area contributed by atoms with E-state index in [4.69, 9.17) is 0 Å². The van der Waals surface area contributed by atoms with Crippen LogP contribution in [0.25, 0.3) is 0 Å². The number of rotatable bonds is 3. The molecule has 3 heterocycles. The van der Waals surface area contributed by atoms with Crippen molar-refractivity contribution in [1.82, 2.24) is 15.3 Å². The second-order valence-electron chi connectivity index (χ2n) is 4.81. The van der Waals surface area contributed by atoms with Crippen LogP contribution in [0.1, 0.15) is 39.0 Å². The molecule has 0 unspecified atom stereocenters. The molecular weight excluding hydrogens is 292 g/mol. The number of aromatic nitrogens is 2. The molecule has 1 saturated heterocycles. The number of piperidine rings is 1. The molecule has 0 saturated carbocycles. The van der Waals surface area contributed by atoms with Crippen LogP contribution >= 0.6 is 22.7 Å². The molecule has 1 aliphatic heterocycles. The summed E-state index contributed by atoms with van der Waals surface area (Å²) in [6, 6.07) is 0. The fourth-order valence-corrected chi connectivity index (χ4v) is 3.99. The molecule has 0 spiro atoms. The van der Waals surface area contributed by atoms with Crippen molar-refractivity contribution in [3.63, 3.8) is 0 Å². The third-order valence-electron chi connectivity index (χ3n) is 3.44. The predicted octanol–water partition coefficient (Wildman–Crippen LogP) is 2.63. The predicted molar refractivity (Wildman–Crippen MR) is 81.8 cm³/mol. The Morgan fingerprint density at radius 1 is 1.40 bits per heavy atom. The van der Waals surface area contributed by atoms with Crippen LogP contribution in [0, 0.1) is 6.92 Å². The number of anilines is 1. The zero-order valence-corrected chi connectivity index (χ0v) is 12.8. The summed E-state index contributed by atoms with van der Waals surface area (Å²) in [4.78, 5) is 22.4. The van der Waals surface area contributed by atoms with Gasteiger partial charge in [-0.25, -0.2) is 9.97 Å². The first-order valence-electron chi connectivity index (χ1n) is 6.62. The van der Waals surface area contributed by atoms with E-state index < -0.39 is 0 Å². The van der Waals surface area contributed by atoms with Gasteiger partial charge in [-0.1, -0.05) is 0 Å². The fourth-order valence-electron chi connectivity index (χ4n) is 2.31. The van der Waals surface area contributed by atoms with E-state index in [9.17, 15) is 4.79 Å². The Hall–Kier alpha value is -1.31. The molecule has 1 fully saturated rings. The number of aryl methyl sites for hydroxylation is 1. The van der Waals surface area contributed by atoms with Gasteiger partial charge in [0.25, 0.3) is 5.91 Å². The molecule has 2 aromatic heterocycles. The van der Waals surface area contributed by atoms with E-state index in [-0.39, 0.29) is 5.91 Å². The number of nitrogens with one attached hydrogen (secondary N) is 2. The lowest BCUT2D eigenvalue weighted by Crippen LogP contribution is -2.26. The van der Waals surface area contributed by atoms with Crippen LogP contribution in [0.15, 0.2) is 11.7 Å². The number of nitrogens with zero attached hydrogens (tertiary/aromatic N) is 2. The van der Waals surface area contributed by atoms with Gasteiger partial charge < -0.3 is 5.32 Å². The quantitative estimate of drug-likeness (QED) is 0.915. The summed E-state index contributed by atoms with van der Waals surface area (Å²) < 4.78 is 0. The topological polar surface area (TPSA) is 66.9 Å². The summed E-state index contributed by atoms with van der Waals surface area (Å²) in [6.07, 6.45) is 4.18. The molecule has 1 amide bonds. The minimum Gasteiger partial charge on any atom is -0.317 e. The second-order valence-corrected chi connectivity index (χ2v) is 6.73. The number of hydrogen-bond acceptors (Lipinski definition) is 6. The van der Waals surface area contributed by atoms with Crippen molar-refractivity contribution in [2.75, 3.05) is 18.4 Å². The van der Waals surface area contributed by atoms with Crippen LogP contribution < -0.4 is 10.6 Å². The summed E-state index contributed by atoms with van der Waals surface area (Å²) in [5.74, 6) is 0.459. The van der Waals surface area contributed by atoms with Crippen molar-refractivity contribution in [2.24, 2.45) is 0 Å². The second kappa shape index (κ2) is 5.99. The number of thiazole rings is 2. The lowest BCUT2D eigenvalue weighted by molar-refractivity contribution is 0.103. The van der Waals surface area contributed by atoms with E-state index in [1.54, 1.807) is 16.8 Å². The van der Waals surface area contributed by atoms with E-state index in [0.29, 0.717) is 15.9 Å². The van der Waals surface area contributed by atoms with Gasteiger partial charge in [0, 0.05) is 11.1 Å². The molecule has 106 valence electrons. The third-order valence-corrected chi connectivity index (χ3v) is 5.44. The van der Waals surface area contributed by atoms with E-state index in [1.165, 1.54) is 16.2 Å². The van der Waals surface area contributed by atoms with Crippen LogP contribution in [0.4, 0.5) is 5.13 Å². The number of amides is 1. The Morgan fingerprint density at radius 2 is 2.20 bits per heavy atom.